The minimum Gasteiger partial charge on any atom is -0.377 e. The third kappa shape index (κ3) is 5.01. The molecule has 0 radical (unpaired) electrons. The maximum Gasteiger partial charge on any atom is 0.200 e. The van der Waals surface area contributed by atoms with Crippen LogP contribution in [0.15, 0.2) is 18.2 Å². The second-order valence-electron chi connectivity index (χ2n) is 6.94. The lowest BCUT2D eigenvalue weighted by Gasteiger charge is -2.04. The molecule has 1 atom stereocenters. The summed E-state index contributed by atoms with van der Waals surface area (Å²) in [6, 6.07) is 5.40. The topological polar surface area (TPSA) is 54.4 Å². The Labute approximate surface area is 145 Å². The highest BCUT2D eigenvalue weighted by Crippen LogP contribution is 2.24. The molecule has 0 aliphatic heterocycles. The van der Waals surface area contributed by atoms with E-state index in [2.05, 4.69) is 6.92 Å². The molecule has 1 aromatic rings. The summed E-state index contributed by atoms with van der Waals surface area (Å²) in [7, 11) is 0. The van der Waals surface area contributed by atoms with Crippen LogP contribution in [0.2, 0.25) is 0 Å². The SMILES string of the molecule is CCCCCCCCCCCCc1ccc2c(c1)C(=O)C(O)C2=O. The van der Waals surface area contributed by atoms with Crippen LogP contribution in [-0.4, -0.2) is 22.8 Å². The van der Waals surface area contributed by atoms with Crippen LogP contribution in [0, 0.1) is 0 Å². The van der Waals surface area contributed by atoms with Crippen molar-refractivity contribution in [3.05, 3.63) is 34.9 Å². The van der Waals surface area contributed by atoms with Gasteiger partial charge in [-0.05, 0) is 24.5 Å². The van der Waals surface area contributed by atoms with Crippen molar-refractivity contribution in [2.24, 2.45) is 0 Å². The molecule has 24 heavy (non-hydrogen) atoms. The van der Waals surface area contributed by atoms with Crippen molar-refractivity contribution in [1.82, 2.24) is 0 Å². The number of aliphatic hydroxyl groups is 1. The molecule has 1 N–H and O–H groups in total. The molecule has 0 bridgehead atoms. The maximum atomic E-state index is 11.8. The van der Waals surface area contributed by atoms with Gasteiger partial charge in [-0.15, -0.1) is 0 Å². The van der Waals surface area contributed by atoms with Crippen molar-refractivity contribution < 1.29 is 14.7 Å². The number of unbranched alkanes of at least 4 members (excludes halogenated alkanes) is 9. The normalized spacial score (nSPS) is 16.7. The van der Waals surface area contributed by atoms with Crippen molar-refractivity contribution in [2.75, 3.05) is 0 Å². The van der Waals surface area contributed by atoms with E-state index in [0.29, 0.717) is 11.1 Å². The van der Waals surface area contributed by atoms with E-state index < -0.39 is 17.7 Å². The monoisotopic (exact) mass is 330 g/mol. The minimum atomic E-state index is -1.48. The quantitative estimate of drug-likeness (QED) is 0.464. The van der Waals surface area contributed by atoms with Gasteiger partial charge in [-0.3, -0.25) is 9.59 Å². The van der Waals surface area contributed by atoms with Crippen LogP contribution in [0.25, 0.3) is 0 Å². The first-order valence-electron chi connectivity index (χ1n) is 9.54. The molecule has 0 heterocycles. The number of ketones is 2. The van der Waals surface area contributed by atoms with E-state index in [1.165, 1.54) is 57.8 Å². The van der Waals surface area contributed by atoms with E-state index in [9.17, 15) is 14.7 Å². The molecule has 1 unspecified atom stereocenters. The Kier molecular flexibility index (Phi) is 7.64. The van der Waals surface area contributed by atoms with Crippen molar-refractivity contribution in [2.45, 2.75) is 83.7 Å². The number of benzene rings is 1. The van der Waals surface area contributed by atoms with Crippen LogP contribution in [0.4, 0.5) is 0 Å². The van der Waals surface area contributed by atoms with Gasteiger partial charge in [0, 0.05) is 11.1 Å². The highest BCUT2D eigenvalue weighted by Gasteiger charge is 2.36. The molecule has 0 fully saturated rings. The Morgan fingerprint density at radius 3 is 1.96 bits per heavy atom. The van der Waals surface area contributed by atoms with Crippen molar-refractivity contribution in [1.29, 1.82) is 0 Å². The number of carbonyl (C=O) groups is 2. The lowest BCUT2D eigenvalue weighted by Crippen LogP contribution is -2.20. The molecule has 1 aliphatic rings. The maximum absolute atomic E-state index is 11.8. The van der Waals surface area contributed by atoms with E-state index in [1.807, 2.05) is 6.07 Å². The second kappa shape index (κ2) is 9.73. The average Bonchev–Trinajstić information content (AvgIpc) is 2.81. The molecule has 0 saturated heterocycles. The summed E-state index contributed by atoms with van der Waals surface area (Å²) >= 11 is 0. The number of fused-ring (bicyclic) bond motifs is 1. The van der Waals surface area contributed by atoms with Crippen molar-refractivity contribution >= 4 is 11.6 Å². The van der Waals surface area contributed by atoms with Gasteiger partial charge in [0.1, 0.15) is 0 Å². The number of carbonyl (C=O) groups excluding carboxylic acids is 2. The summed E-state index contributed by atoms with van der Waals surface area (Å²) in [6.07, 6.45) is 12.5. The Morgan fingerprint density at radius 1 is 0.792 bits per heavy atom. The van der Waals surface area contributed by atoms with Crippen LogP contribution in [0.5, 0.6) is 0 Å². The lowest BCUT2D eigenvalue weighted by atomic mass is 10.0. The van der Waals surface area contributed by atoms with Gasteiger partial charge in [-0.1, -0.05) is 76.8 Å². The first-order valence-corrected chi connectivity index (χ1v) is 9.54. The number of aryl methyl sites for hydroxylation is 1. The predicted molar refractivity (Wildman–Crippen MR) is 96.7 cm³/mol. The molecule has 2 rings (SSSR count). The number of hydrogen-bond acceptors (Lipinski definition) is 3. The Hall–Kier alpha value is -1.48. The van der Waals surface area contributed by atoms with Crippen LogP contribution in [0.3, 0.4) is 0 Å². The van der Waals surface area contributed by atoms with E-state index >= 15 is 0 Å². The molecule has 0 spiro atoms. The first-order chi connectivity index (χ1) is 11.6. The van der Waals surface area contributed by atoms with Gasteiger partial charge in [0.05, 0.1) is 0 Å². The fourth-order valence-electron chi connectivity index (χ4n) is 3.40. The van der Waals surface area contributed by atoms with E-state index in [0.717, 1.165) is 18.4 Å². The molecule has 0 saturated carbocycles. The van der Waals surface area contributed by atoms with Crippen LogP contribution >= 0.6 is 0 Å². The zero-order valence-electron chi connectivity index (χ0n) is 14.9. The molecule has 3 heteroatoms. The largest absolute Gasteiger partial charge is 0.377 e. The van der Waals surface area contributed by atoms with E-state index in [-0.39, 0.29) is 0 Å². The third-order valence-electron chi connectivity index (χ3n) is 4.93. The summed E-state index contributed by atoms with van der Waals surface area (Å²) < 4.78 is 0. The van der Waals surface area contributed by atoms with E-state index in [1.54, 1.807) is 12.1 Å². The molecule has 0 amide bonds. The fraction of sp³-hybridized carbons (Fsp3) is 0.619. The van der Waals surface area contributed by atoms with Gasteiger partial charge in [0.25, 0.3) is 0 Å². The van der Waals surface area contributed by atoms with Crippen LogP contribution < -0.4 is 0 Å². The molecule has 0 aromatic heterocycles. The summed E-state index contributed by atoms with van der Waals surface area (Å²) in [5.74, 6) is -0.902. The highest BCUT2D eigenvalue weighted by atomic mass is 16.3. The Bertz CT molecular complexity index is 562. The summed E-state index contributed by atoms with van der Waals surface area (Å²) in [4.78, 5) is 23.5. The van der Waals surface area contributed by atoms with E-state index in [4.69, 9.17) is 0 Å². The lowest BCUT2D eigenvalue weighted by molar-refractivity contribution is 0.0663. The zero-order chi connectivity index (χ0) is 17.4. The number of hydrogen-bond donors (Lipinski definition) is 1. The first kappa shape index (κ1) is 18.9. The van der Waals surface area contributed by atoms with Gasteiger partial charge >= 0.3 is 0 Å². The van der Waals surface area contributed by atoms with Gasteiger partial charge in [-0.25, -0.2) is 0 Å². The number of rotatable bonds is 11. The summed E-state index contributed by atoms with van der Waals surface area (Å²) in [5.41, 5.74) is 1.86. The third-order valence-corrected chi connectivity index (χ3v) is 4.93. The average molecular weight is 330 g/mol. The minimum absolute atomic E-state index is 0.374. The molecule has 132 valence electrons. The highest BCUT2D eigenvalue weighted by molar-refractivity contribution is 6.28. The van der Waals surface area contributed by atoms with Gasteiger partial charge in [0.15, 0.2) is 17.7 Å². The molecule has 1 aliphatic carbocycles. The van der Waals surface area contributed by atoms with Crippen molar-refractivity contribution in [3.63, 3.8) is 0 Å². The smallest absolute Gasteiger partial charge is 0.200 e. The predicted octanol–water partition coefficient (Wildman–Crippen LogP) is 4.89. The second-order valence-corrected chi connectivity index (χ2v) is 6.94. The van der Waals surface area contributed by atoms with Crippen molar-refractivity contribution in [3.8, 4) is 0 Å². The zero-order valence-corrected chi connectivity index (χ0v) is 14.9. The molecule has 1 aromatic carbocycles. The fourth-order valence-corrected chi connectivity index (χ4v) is 3.40. The molecule has 3 nitrogen and oxygen atoms in total. The van der Waals surface area contributed by atoms with Gasteiger partial charge in [0.2, 0.25) is 0 Å². The Balaban J connectivity index is 1.62. The Morgan fingerprint density at radius 2 is 1.33 bits per heavy atom. The van der Waals surface area contributed by atoms with Crippen LogP contribution in [-0.2, 0) is 6.42 Å². The molecular formula is C21H30O3. The number of Topliss-reactive ketones (excluding diaryl/α,β-unsaturated/α-hetero) is 2. The number of aliphatic hydroxyl groups excluding tert-OH is 1. The van der Waals surface area contributed by atoms with Gasteiger partial charge < -0.3 is 5.11 Å². The standard InChI is InChI=1S/C21H30O3/c1-2-3-4-5-6-7-8-9-10-11-12-16-13-14-17-18(15-16)20(23)21(24)19(17)22/h13-15,21,24H,2-12H2,1H3. The summed E-state index contributed by atoms with van der Waals surface area (Å²) in [6.45, 7) is 2.25. The van der Waals surface area contributed by atoms with Crippen LogP contribution in [0.1, 0.15) is 97.4 Å². The van der Waals surface area contributed by atoms with Gasteiger partial charge in [-0.2, -0.15) is 0 Å². The molecular weight excluding hydrogens is 300 g/mol. The summed E-state index contributed by atoms with van der Waals surface area (Å²) in [5, 5.41) is 9.54.